The number of halogens is 3. The third-order valence-electron chi connectivity index (χ3n) is 1.77. The van der Waals surface area contributed by atoms with Gasteiger partial charge in [-0.15, -0.1) is 0 Å². The summed E-state index contributed by atoms with van der Waals surface area (Å²) in [6.07, 6.45) is 9.52. The predicted octanol–water partition coefficient (Wildman–Crippen LogP) is -5.53. The zero-order valence-electron chi connectivity index (χ0n) is 9.25. The number of hydrogen-bond donors (Lipinski definition) is 0. The first kappa shape index (κ1) is 21.6. The van der Waals surface area contributed by atoms with Gasteiger partial charge in [0.25, 0.3) is 0 Å². The average molecular weight is 326 g/mol. The molecule has 0 N–H and O–H groups in total. The number of allylic oxidation sites excluding steroid dienone is 4. The molecule has 1 aliphatic rings. The summed E-state index contributed by atoms with van der Waals surface area (Å²) < 4.78 is 2.70. The van der Waals surface area contributed by atoms with Crippen molar-refractivity contribution in [3.05, 3.63) is 22.5 Å². The molecule has 0 bridgehead atoms. The molecular weight excluding hydrogens is 308 g/mol. The summed E-state index contributed by atoms with van der Waals surface area (Å²) in [4.78, 5) is 0. The molecule has 15 heavy (non-hydrogen) atoms. The van der Waals surface area contributed by atoms with Crippen LogP contribution < -0.4 is 37.2 Å². The van der Waals surface area contributed by atoms with Gasteiger partial charge in [-0.05, 0) is 0 Å². The van der Waals surface area contributed by atoms with E-state index in [0.29, 0.717) is 24.2 Å². The van der Waals surface area contributed by atoms with Gasteiger partial charge in [-0.25, -0.2) is 0 Å². The second-order valence-corrected chi connectivity index (χ2v) is 8.73. The summed E-state index contributed by atoms with van der Waals surface area (Å²) in [5, 5.41) is 0. The van der Waals surface area contributed by atoms with Crippen LogP contribution in [-0.2, 0) is 16.3 Å². The second kappa shape index (κ2) is 11.8. The SMILES string of the molecule is C[CH](CP(C)C)[V+3][C]1=CC=CC1.[Cl-].[Cl-].[Cl-]. The van der Waals surface area contributed by atoms with E-state index < -0.39 is 0 Å². The Balaban J connectivity index is -0.000000480. The topological polar surface area (TPSA) is 0 Å². The molecule has 0 saturated carbocycles. The minimum atomic E-state index is 0. The standard InChI is InChI=1S/C5H12P.C5H5.3ClH.V/c1-4-5-6(2)3;1-2-4-5-3-1;;;;/h4H,5H2,1-3H3;1-3H,4H2;3*1H;/q;;;;;+3/p-3. The monoisotopic (exact) mass is 324 g/mol. The van der Waals surface area contributed by atoms with Crippen molar-refractivity contribution in [1.82, 2.24) is 0 Å². The Kier molecular flexibility index (Phi) is 17.1. The first-order chi connectivity index (χ1) is 5.68. The summed E-state index contributed by atoms with van der Waals surface area (Å²) in [5.74, 6) is 0. The van der Waals surface area contributed by atoms with Crippen molar-refractivity contribution in [2.45, 2.75) is 18.0 Å². The van der Waals surface area contributed by atoms with Gasteiger partial charge in [-0.1, -0.05) is 0 Å². The molecule has 88 valence electrons. The van der Waals surface area contributed by atoms with Crippen molar-refractivity contribution in [3.63, 3.8) is 0 Å². The summed E-state index contributed by atoms with van der Waals surface area (Å²) in [6.45, 7) is 7.18. The van der Waals surface area contributed by atoms with Gasteiger partial charge in [-0.3, -0.25) is 0 Å². The molecule has 0 spiro atoms. The normalized spacial score (nSPS) is 14.3. The van der Waals surface area contributed by atoms with E-state index in [0.717, 1.165) is 4.63 Å². The third-order valence-corrected chi connectivity index (χ3v) is 5.52. The largest absolute Gasteiger partial charge is 1.00 e. The molecule has 0 amide bonds. The van der Waals surface area contributed by atoms with Gasteiger partial charge in [0.05, 0.1) is 0 Å². The Labute approximate surface area is 121 Å². The van der Waals surface area contributed by atoms with Gasteiger partial charge >= 0.3 is 84.2 Å². The smallest absolute Gasteiger partial charge is 1.00 e. The molecule has 0 nitrogen and oxygen atoms in total. The zero-order chi connectivity index (χ0) is 8.97. The van der Waals surface area contributed by atoms with E-state index in [9.17, 15) is 0 Å². The van der Waals surface area contributed by atoms with Crippen LogP contribution in [0.5, 0.6) is 0 Å². The molecular formula is C10H17Cl3PV. The summed E-state index contributed by atoms with van der Waals surface area (Å²) in [6, 6.07) is 0. The van der Waals surface area contributed by atoms with E-state index in [1.807, 2.05) is 0 Å². The van der Waals surface area contributed by atoms with Gasteiger partial charge in [0.15, 0.2) is 0 Å². The molecule has 1 unspecified atom stereocenters. The molecule has 0 saturated heterocycles. The van der Waals surface area contributed by atoms with Gasteiger partial charge in [0.2, 0.25) is 0 Å². The van der Waals surface area contributed by atoms with Crippen LogP contribution in [-0.4, -0.2) is 19.5 Å². The molecule has 0 aromatic rings. The Bertz CT molecular complexity index is 205. The minimum Gasteiger partial charge on any atom is -1.00 e. The molecule has 0 fully saturated rings. The molecule has 1 atom stereocenters. The van der Waals surface area contributed by atoms with Gasteiger partial charge < -0.3 is 37.2 Å². The second-order valence-electron chi connectivity index (χ2n) is 3.53. The van der Waals surface area contributed by atoms with Crippen LogP contribution in [0.1, 0.15) is 13.3 Å². The van der Waals surface area contributed by atoms with E-state index in [1.54, 1.807) is 4.28 Å². The summed E-state index contributed by atoms with van der Waals surface area (Å²) in [7, 11) is 0.316. The molecule has 5 heteroatoms. The van der Waals surface area contributed by atoms with Crippen LogP contribution in [0.4, 0.5) is 0 Å². The zero-order valence-corrected chi connectivity index (χ0v) is 13.8. The molecule has 1 aliphatic carbocycles. The van der Waals surface area contributed by atoms with Gasteiger partial charge in [0, 0.05) is 0 Å². The molecule has 0 aromatic heterocycles. The molecule has 0 radical (unpaired) electrons. The fraction of sp³-hybridized carbons (Fsp3) is 0.600. The predicted molar refractivity (Wildman–Crippen MR) is 54.9 cm³/mol. The fourth-order valence-electron chi connectivity index (χ4n) is 1.38. The van der Waals surface area contributed by atoms with Crippen LogP contribution in [0.2, 0.25) is 4.63 Å². The molecule has 1 rings (SSSR count). The van der Waals surface area contributed by atoms with Crippen LogP contribution >= 0.6 is 7.92 Å². The van der Waals surface area contributed by atoms with E-state index in [1.165, 1.54) is 12.6 Å². The van der Waals surface area contributed by atoms with Gasteiger partial charge in [0.1, 0.15) is 0 Å². The Morgan fingerprint density at radius 3 is 2.33 bits per heavy atom. The molecule has 0 aromatic carbocycles. The Morgan fingerprint density at radius 1 is 1.33 bits per heavy atom. The number of rotatable bonds is 4. The quantitative estimate of drug-likeness (QED) is 0.453. The van der Waals surface area contributed by atoms with Crippen LogP contribution in [0.15, 0.2) is 22.5 Å². The average Bonchev–Trinajstić information content (AvgIpc) is 2.37. The maximum Gasteiger partial charge on any atom is -1.00 e. The van der Waals surface area contributed by atoms with E-state index in [-0.39, 0.29) is 37.2 Å². The van der Waals surface area contributed by atoms with E-state index in [4.69, 9.17) is 0 Å². The van der Waals surface area contributed by atoms with Crippen LogP contribution in [0.25, 0.3) is 0 Å². The maximum atomic E-state index is 2.42. The van der Waals surface area contributed by atoms with Crippen LogP contribution in [0.3, 0.4) is 0 Å². The van der Waals surface area contributed by atoms with Crippen molar-refractivity contribution < 1.29 is 53.5 Å². The first-order valence-electron chi connectivity index (χ1n) is 4.40. The van der Waals surface area contributed by atoms with E-state index >= 15 is 0 Å². The molecule has 0 aliphatic heterocycles. The Hall–Kier alpha value is 1.36. The van der Waals surface area contributed by atoms with Crippen molar-refractivity contribution in [1.29, 1.82) is 0 Å². The van der Waals surface area contributed by atoms with E-state index in [2.05, 4.69) is 38.5 Å². The van der Waals surface area contributed by atoms with Crippen LogP contribution in [0, 0.1) is 0 Å². The summed E-state index contributed by atoms with van der Waals surface area (Å²) in [5.41, 5.74) is 0. The summed E-state index contributed by atoms with van der Waals surface area (Å²) >= 11 is 0.484. The Morgan fingerprint density at radius 2 is 1.93 bits per heavy atom. The van der Waals surface area contributed by atoms with Crippen molar-refractivity contribution in [2.75, 3.05) is 19.5 Å². The number of hydrogen-bond acceptors (Lipinski definition) is 0. The maximum absolute atomic E-state index is 2.42. The minimum absolute atomic E-state index is 0. The van der Waals surface area contributed by atoms with Gasteiger partial charge in [-0.2, -0.15) is 0 Å². The van der Waals surface area contributed by atoms with Crippen molar-refractivity contribution in [3.8, 4) is 0 Å². The third kappa shape index (κ3) is 10.2. The fourth-order valence-corrected chi connectivity index (χ4v) is 5.92. The molecule has 0 heterocycles. The van der Waals surface area contributed by atoms with Crippen molar-refractivity contribution >= 4 is 7.92 Å². The van der Waals surface area contributed by atoms with Crippen molar-refractivity contribution in [2.24, 2.45) is 0 Å². The first-order valence-corrected chi connectivity index (χ1v) is 8.32.